The fourth-order valence-corrected chi connectivity index (χ4v) is 3.42. The Labute approximate surface area is 160 Å². The van der Waals surface area contributed by atoms with Gasteiger partial charge in [0.05, 0.1) is 11.3 Å². The fraction of sp³-hybridized carbons (Fsp3) is 0.105. The number of nitrogens with one attached hydrogen (secondary N) is 1. The molecule has 2 N–H and O–H groups in total. The molecule has 0 saturated heterocycles. The predicted octanol–water partition coefficient (Wildman–Crippen LogP) is 5.17. The van der Waals surface area contributed by atoms with Gasteiger partial charge >= 0.3 is 5.97 Å². The Bertz CT molecular complexity index is 950. The molecule has 132 valence electrons. The van der Waals surface area contributed by atoms with E-state index in [1.165, 1.54) is 11.8 Å². The first-order valence-corrected chi connectivity index (χ1v) is 9.20. The molecule has 1 aromatic heterocycles. The number of hydrogen-bond donors (Lipinski definition) is 2. The van der Waals surface area contributed by atoms with E-state index in [0.29, 0.717) is 27.4 Å². The zero-order valence-corrected chi connectivity index (χ0v) is 15.5. The van der Waals surface area contributed by atoms with Crippen molar-refractivity contribution < 1.29 is 9.90 Å². The number of thioether (sulfide) groups is 1. The zero-order valence-electron chi connectivity index (χ0n) is 13.9. The van der Waals surface area contributed by atoms with Gasteiger partial charge in [0, 0.05) is 22.5 Å². The van der Waals surface area contributed by atoms with Crippen molar-refractivity contribution in [2.45, 2.75) is 17.8 Å². The van der Waals surface area contributed by atoms with Gasteiger partial charge in [-0.3, -0.25) is 0 Å². The highest BCUT2D eigenvalue weighted by Gasteiger charge is 2.11. The summed E-state index contributed by atoms with van der Waals surface area (Å²) in [7, 11) is 0. The van der Waals surface area contributed by atoms with Crippen LogP contribution in [0.1, 0.15) is 21.6 Å². The maximum Gasteiger partial charge on any atom is 0.337 e. The van der Waals surface area contributed by atoms with Crippen LogP contribution in [0.4, 0.5) is 11.5 Å². The Morgan fingerprint density at radius 2 is 1.96 bits per heavy atom. The van der Waals surface area contributed by atoms with Gasteiger partial charge in [-0.1, -0.05) is 47.6 Å². The molecule has 0 fully saturated rings. The lowest BCUT2D eigenvalue weighted by Crippen LogP contribution is -2.04. The van der Waals surface area contributed by atoms with Crippen LogP contribution in [0, 0.1) is 6.92 Å². The molecule has 3 rings (SSSR count). The van der Waals surface area contributed by atoms with Crippen LogP contribution in [0.3, 0.4) is 0 Å². The summed E-state index contributed by atoms with van der Waals surface area (Å²) in [6.45, 7) is 1.87. The van der Waals surface area contributed by atoms with E-state index in [-0.39, 0.29) is 5.56 Å². The highest BCUT2D eigenvalue weighted by atomic mass is 35.5. The highest BCUT2D eigenvalue weighted by Crippen LogP contribution is 2.25. The molecule has 0 aliphatic heterocycles. The molecule has 0 amide bonds. The van der Waals surface area contributed by atoms with Crippen LogP contribution >= 0.6 is 23.4 Å². The Balaban J connectivity index is 1.79. The zero-order chi connectivity index (χ0) is 18.5. The summed E-state index contributed by atoms with van der Waals surface area (Å²) in [6.07, 6.45) is 0. The summed E-state index contributed by atoms with van der Waals surface area (Å²) in [6, 6.07) is 16.1. The first kappa shape index (κ1) is 18.2. The third-order valence-electron chi connectivity index (χ3n) is 3.51. The van der Waals surface area contributed by atoms with E-state index in [4.69, 9.17) is 11.6 Å². The number of para-hydroxylation sites is 1. The summed E-state index contributed by atoms with van der Waals surface area (Å²) in [4.78, 5) is 20.3. The van der Waals surface area contributed by atoms with Gasteiger partial charge < -0.3 is 10.4 Å². The van der Waals surface area contributed by atoms with Crippen molar-refractivity contribution in [2.75, 3.05) is 5.32 Å². The fourth-order valence-electron chi connectivity index (χ4n) is 2.36. The molecular formula is C19H16ClN3O2S. The Hall–Kier alpha value is -2.57. The predicted molar refractivity (Wildman–Crippen MR) is 104 cm³/mol. The van der Waals surface area contributed by atoms with Gasteiger partial charge in [0.15, 0.2) is 5.16 Å². The summed E-state index contributed by atoms with van der Waals surface area (Å²) in [5, 5.41) is 13.7. The molecule has 1 heterocycles. The lowest BCUT2D eigenvalue weighted by Gasteiger charge is -2.10. The number of carboxylic acid groups (broad SMARTS) is 1. The molecule has 5 nitrogen and oxygen atoms in total. The van der Waals surface area contributed by atoms with Crippen molar-refractivity contribution in [2.24, 2.45) is 0 Å². The van der Waals surface area contributed by atoms with E-state index in [1.807, 2.05) is 31.2 Å². The van der Waals surface area contributed by atoms with Gasteiger partial charge in [-0.15, -0.1) is 0 Å². The number of anilines is 2. The number of hydrogen-bond acceptors (Lipinski definition) is 5. The number of rotatable bonds is 6. The smallest absolute Gasteiger partial charge is 0.337 e. The molecule has 0 aliphatic carbocycles. The quantitative estimate of drug-likeness (QED) is 0.450. The van der Waals surface area contributed by atoms with E-state index < -0.39 is 5.97 Å². The van der Waals surface area contributed by atoms with Crippen LogP contribution in [0.2, 0.25) is 5.02 Å². The average molecular weight is 386 g/mol. The number of halogens is 1. The molecule has 0 saturated carbocycles. The van der Waals surface area contributed by atoms with Crippen molar-refractivity contribution >= 4 is 40.8 Å². The maximum atomic E-state index is 11.3. The number of carbonyl (C=O) groups is 1. The minimum Gasteiger partial charge on any atom is -0.478 e. The third-order valence-corrected chi connectivity index (χ3v) is 4.66. The van der Waals surface area contributed by atoms with Crippen LogP contribution in [0.5, 0.6) is 0 Å². The molecule has 0 atom stereocenters. The lowest BCUT2D eigenvalue weighted by atomic mass is 10.2. The first-order chi connectivity index (χ1) is 12.5. The van der Waals surface area contributed by atoms with E-state index >= 15 is 0 Å². The third kappa shape index (κ3) is 4.74. The van der Waals surface area contributed by atoms with Gasteiger partial charge in [0.25, 0.3) is 0 Å². The van der Waals surface area contributed by atoms with Crippen molar-refractivity contribution in [3.63, 3.8) is 0 Å². The van der Waals surface area contributed by atoms with E-state index in [2.05, 4.69) is 15.3 Å². The molecule has 0 spiro atoms. The second-order valence-electron chi connectivity index (χ2n) is 5.57. The molecular weight excluding hydrogens is 370 g/mol. The maximum absolute atomic E-state index is 11.3. The van der Waals surface area contributed by atoms with Crippen molar-refractivity contribution in [1.82, 2.24) is 9.97 Å². The van der Waals surface area contributed by atoms with Crippen LogP contribution in [-0.4, -0.2) is 21.0 Å². The monoisotopic (exact) mass is 385 g/mol. The Morgan fingerprint density at radius 3 is 2.73 bits per heavy atom. The Kier molecular flexibility index (Phi) is 5.75. The minimum atomic E-state index is -0.991. The van der Waals surface area contributed by atoms with Gasteiger partial charge in [-0.25, -0.2) is 14.8 Å². The highest BCUT2D eigenvalue weighted by molar-refractivity contribution is 7.98. The molecule has 26 heavy (non-hydrogen) atoms. The van der Waals surface area contributed by atoms with Crippen molar-refractivity contribution in [1.29, 1.82) is 0 Å². The van der Waals surface area contributed by atoms with Gasteiger partial charge in [-0.05, 0) is 36.8 Å². The van der Waals surface area contributed by atoms with Gasteiger partial charge in [0.2, 0.25) is 0 Å². The number of aryl methyl sites for hydroxylation is 1. The van der Waals surface area contributed by atoms with Crippen LogP contribution < -0.4 is 5.32 Å². The molecule has 0 bridgehead atoms. The summed E-state index contributed by atoms with van der Waals surface area (Å²) < 4.78 is 0. The second kappa shape index (κ2) is 8.21. The Morgan fingerprint density at radius 1 is 1.15 bits per heavy atom. The average Bonchev–Trinajstić information content (AvgIpc) is 2.60. The normalized spacial score (nSPS) is 10.5. The summed E-state index contributed by atoms with van der Waals surface area (Å²) >= 11 is 7.50. The molecule has 0 radical (unpaired) electrons. The molecule has 7 heteroatoms. The van der Waals surface area contributed by atoms with Crippen molar-refractivity contribution in [3.05, 3.63) is 76.4 Å². The number of aromatic nitrogens is 2. The number of aromatic carboxylic acids is 1. The largest absolute Gasteiger partial charge is 0.478 e. The topological polar surface area (TPSA) is 75.1 Å². The SMILES string of the molecule is Cc1cc(Nc2ccccc2C(=O)O)nc(SCc2cccc(Cl)c2)n1. The van der Waals surface area contributed by atoms with E-state index in [0.717, 1.165) is 11.3 Å². The van der Waals surface area contributed by atoms with Crippen LogP contribution in [0.25, 0.3) is 0 Å². The molecule has 2 aromatic carbocycles. The van der Waals surface area contributed by atoms with E-state index in [9.17, 15) is 9.90 Å². The molecule has 0 unspecified atom stereocenters. The number of nitrogens with zero attached hydrogens (tertiary/aromatic N) is 2. The summed E-state index contributed by atoms with van der Waals surface area (Å²) in [5.74, 6) is 0.254. The standard InChI is InChI=1S/C19H16ClN3O2S/c1-12-9-17(22-16-8-3-2-7-15(16)18(24)25)23-19(21-12)26-11-13-5-4-6-14(20)10-13/h2-10H,11H2,1H3,(H,24,25)(H,21,22,23). The van der Waals surface area contributed by atoms with Gasteiger partial charge in [0.1, 0.15) is 5.82 Å². The lowest BCUT2D eigenvalue weighted by molar-refractivity contribution is 0.0698. The minimum absolute atomic E-state index is 0.192. The van der Waals surface area contributed by atoms with Crippen molar-refractivity contribution in [3.8, 4) is 0 Å². The number of benzene rings is 2. The van der Waals surface area contributed by atoms with Gasteiger partial charge in [-0.2, -0.15) is 0 Å². The first-order valence-electron chi connectivity index (χ1n) is 7.83. The van der Waals surface area contributed by atoms with Crippen LogP contribution in [-0.2, 0) is 5.75 Å². The summed E-state index contributed by atoms with van der Waals surface area (Å²) in [5.41, 5.74) is 2.56. The second-order valence-corrected chi connectivity index (χ2v) is 6.95. The van der Waals surface area contributed by atoms with E-state index in [1.54, 1.807) is 30.3 Å². The molecule has 3 aromatic rings. The molecule has 0 aliphatic rings. The number of carboxylic acids is 1. The van der Waals surface area contributed by atoms with Crippen LogP contribution in [0.15, 0.2) is 59.8 Å².